The van der Waals surface area contributed by atoms with Crippen LogP contribution in [0.3, 0.4) is 0 Å². The topological polar surface area (TPSA) is 84.9 Å². The molecule has 0 unspecified atom stereocenters. The Bertz CT molecular complexity index is 916. The van der Waals surface area contributed by atoms with Crippen LogP contribution in [0.15, 0.2) is 36.5 Å². The first-order valence-corrected chi connectivity index (χ1v) is 22.3. The largest absolute Gasteiger partial charge is 0.466 e. The van der Waals surface area contributed by atoms with Crippen LogP contribution < -0.4 is 5.32 Å². The quantitative estimate of drug-likeness (QED) is 0.0382. The summed E-state index contributed by atoms with van der Waals surface area (Å²) in [6, 6.07) is 0. The summed E-state index contributed by atoms with van der Waals surface area (Å²) in [6.07, 6.45) is 44.8. The van der Waals surface area contributed by atoms with Gasteiger partial charge >= 0.3 is 11.9 Å². The van der Waals surface area contributed by atoms with Gasteiger partial charge < -0.3 is 14.8 Å². The molecule has 53 heavy (non-hydrogen) atoms. The van der Waals surface area contributed by atoms with E-state index in [2.05, 4.69) is 60.5 Å². The van der Waals surface area contributed by atoms with Crippen molar-refractivity contribution in [2.24, 2.45) is 0 Å². The van der Waals surface area contributed by atoms with E-state index in [9.17, 15) is 14.4 Å². The Morgan fingerprint density at radius 2 is 0.906 bits per heavy atom. The third-order valence-corrected chi connectivity index (χ3v) is 9.60. The van der Waals surface area contributed by atoms with E-state index in [1.54, 1.807) is 0 Å². The van der Waals surface area contributed by atoms with Crippen LogP contribution in [-0.4, -0.2) is 62.1 Å². The van der Waals surface area contributed by atoms with Gasteiger partial charge in [-0.15, -0.1) is 0 Å². The van der Waals surface area contributed by atoms with E-state index in [0.29, 0.717) is 65.1 Å². The summed E-state index contributed by atoms with van der Waals surface area (Å²) in [4.78, 5) is 38.4. The number of hydrogen-bond donors (Lipinski definition) is 1. The van der Waals surface area contributed by atoms with Crippen molar-refractivity contribution in [1.82, 2.24) is 10.2 Å². The van der Waals surface area contributed by atoms with Gasteiger partial charge in [-0.2, -0.15) is 0 Å². The van der Waals surface area contributed by atoms with Crippen LogP contribution in [0.1, 0.15) is 201 Å². The monoisotopic (exact) mass is 745 g/mol. The van der Waals surface area contributed by atoms with Crippen LogP contribution >= 0.6 is 0 Å². The third kappa shape index (κ3) is 40.6. The van der Waals surface area contributed by atoms with Gasteiger partial charge in [-0.05, 0) is 77.0 Å². The smallest absolute Gasteiger partial charge is 0.305 e. The van der Waals surface area contributed by atoms with E-state index in [1.165, 1.54) is 109 Å². The highest BCUT2D eigenvalue weighted by Crippen LogP contribution is 2.11. The van der Waals surface area contributed by atoms with E-state index in [4.69, 9.17) is 9.47 Å². The number of rotatable bonds is 40. The Morgan fingerprint density at radius 1 is 0.472 bits per heavy atom. The van der Waals surface area contributed by atoms with Crippen molar-refractivity contribution in [3.63, 3.8) is 0 Å². The highest BCUT2D eigenvalue weighted by atomic mass is 16.5. The molecule has 0 aliphatic heterocycles. The average molecular weight is 745 g/mol. The number of ether oxygens (including phenoxy) is 2. The standard InChI is InChI=1S/C46H84N2O5/c1-4-7-9-11-13-15-17-19-21-23-25-27-29-31-33-36-45(50)52-42-35-39-48(40-38-47-44(49)6-3)41-43-53-46(51)37-34-32-30-28-26-24-22-20-18-16-14-12-10-8-5-2/h14,16,19-22H,4-13,15,17-18,23-43H2,1-3H3,(H,47,49)/b16-14-,21-19-,22-20-. The highest BCUT2D eigenvalue weighted by molar-refractivity contribution is 5.75. The molecule has 0 rings (SSSR count). The summed E-state index contributed by atoms with van der Waals surface area (Å²) in [6.45, 7) is 9.57. The molecule has 0 saturated carbocycles. The van der Waals surface area contributed by atoms with Crippen LogP contribution in [0.4, 0.5) is 0 Å². The maximum atomic E-state index is 12.3. The number of allylic oxidation sites excluding steroid dienone is 6. The van der Waals surface area contributed by atoms with E-state index >= 15 is 0 Å². The molecule has 0 aromatic heterocycles. The second-order valence-electron chi connectivity index (χ2n) is 14.7. The molecule has 0 bridgehead atoms. The molecule has 7 nitrogen and oxygen atoms in total. The molecule has 1 N–H and O–H groups in total. The number of nitrogens with zero attached hydrogens (tertiary/aromatic N) is 1. The molecule has 0 aromatic rings. The predicted octanol–water partition coefficient (Wildman–Crippen LogP) is 12.1. The molecular formula is C46H84N2O5. The van der Waals surface area contributed by atoms with Gasteiger partial charge in [-0.3, -0.25) is 19.3 Å². The molecule has 0 aromatic carbocycles. The summed E-state index contributed by atoms with van der Waals surface area (Å²) in [5.74, 6) is -0.232. The van der Waals surface area contributed by atoms with E-state index in [-0.39, 0.29) is 17.8 Å². The molecule has 0 spiro atoms. The zero-order valence-corrected chi connectivity index (χ0v) is 35.0. The van der Waals surface area contributed by atoms with Crippen molar-refractivity contribution in [2.75, 3.05) is 39.4 Å². The molecule has 0 heterocycles. The first-order valence-electron chi connectivity index (χ1n) is 22.3. The molecule has 0 aliphatic carbocycles. The summed E-state index contributed by atoms with van der Waals surface area (Å²) < 4.78 is 11.0. The Morgan fingerprint density at radius 3 is 1.43 bits per heavy atom. The number of unbranched alkanes of at least 4 members (excludes halogenated alkanes) is 19. The minimum atomic E-state index is -0.139. The van der Waals surface area contributed by atoms with E-state index < -0.39 is 0 Å². The number of hydrogen-bond acceptors (Lipinski definition) is 6. The Labute approximate surface area is 327 Å². The lowest BCUT2D eigenvalue weighted by Crippen LogP contribution is -2.37. The van der Waals surface area contributed by atoms with Gasteiger partial charge in [0.15, 0.2) is 0 Å². The average Bonchev–Trinajstić information content (AvgIpc) is 3.16. The highest BCUT2D eigenvalue weighted by Gasteiger charge is 2.10. The fourth-order valence-electron chi connectivity index (χ4n) is 6.14. The Kier molecular flexibility index (Phi) is 40.4. The molecule has 0 atom stereocenters. The van der Waals surface area contributed by atoms with Gasteiger partial charge in [0.1, 0.15) is 6.61 Å². The van der Waals surface area contributed by atoms with Gasteiger partial charge in [0.25, 0.3) is 0 Å². The number of esters is 2. The summed E-state index contributed by atoms with van der Waals surface area (Å²) in [5, 5.41) is 2.92. The summed E-state index contributed by atoms with van der Waals surface area (Å²) in [7, 11) is 0. The van der Waals surface area contributed by atoms with Crippen molar-refractivity contribution >= 4 is 17.8 Å². The molecule has 0 saturated heterocycles. The minimum absolute atomic E-state index is 0.0262. The number of nitrogens with one attached hydrogen (secondary N) is 1. The van der Waals surface area contributed by atoms with Gasteiger partial charge in [-0.1, -0.05) is 141 Å². The van der Waals surface area contributed by atoms with Gasteiger partial charge in [0.2, 0.25) is 5.91 Å². The molecular weight excluding hydrogens is 661 g/mol. The normalized spacial score (nSPS) is 11.8. The SMILES string of the molecule is CCCCC/C=C\C/C=C\CCCCCCCC(=O)OCCN(CCCOC(=O)CCCCCCC/C=C\CCCCCCCC)CCNC(=O)CC. The van der Waals surface area contributed by atoms with Crippen LogP contribution in [0.2, 0.25) is 0 Å². The van der Waals surface area contributed by atoms with Crippen molar-refractivity contribution in [1.29, 1.82) is 0 Å². The number of carbonyl (C=O) groups is 3. The third-order valence-electron chi connectivity index (χ3n) is 9.60. The lowest BCUT2D eigenvalue weighted by atomic mass is 10.1. The van der Waals surface area contributed by atoms with Crippen LogP contribution in [0.25, 0.3) is 0 Å². The maximum absolute atomic E-state index is 12.3. The number of carbonyl (C=O) groups excluding carboxylic acids is 3. The fourth-order valence-corrected chi connectivity index (χ4v) is 6.14. The van der Waals surface area contributed by atoms with Crippen molar-refractivity contribution in [3.8, 4) is 0 Å². The van der Waals surface area contributed by atoms with Crippen LogP contribution in [-0.2, 0) is 23.9 Å². The van der Waals surface area contributed by atoms with E-state index in [1.807, 2.05) is 6.92 Å². The summed E-state index contributed by atoms with van der Waals surface area (Å²) in [5.41, 5.74) is 0. The van der Waals surface area contributed by atoms with Crippen LogP contribution in [0, 0.1) is 0 Å². The van der Waals surface area contributed by atoms with Crippen molar-refractivity contribution in [2.45, 2.75) is 201 Å². The Balaban J connectivity index is 3.95. The molecule has 308 valence electrons. The van der Waals surface area contributed by atoms with Crippen molar-refractivity contribution < 1.29 is 23.9 Å². The first kappa shape index (κ1) is 50.6. The molecule has 7 heteroatoms. The second kappa shape index (κ2) is 42.3. The zero-order chi connectivity index (χ0) is 38.7. The summed E-state index contributed by atoms with van der Waals surface area (Å²) >= 11 is 0. The molecule has 0 fully saturated rings. The lowest BCUT2D eigenvalue weighted by Gasteiger charge is -2.22. The number of amides is 1. The first-order chi connectivity index (χ1) is 26.0. The fraction of sp³-hybridized carbons (Fsp3) is 0.804. The molecule has 0 radical (unpaired) electrons. The lowest BCUT2D eigenvalue weighted by molar-refractivity contribution is -0.145. The molecule has 1 amide bonds. The van der Waals surface area contributed by atoms with Gasteiger partial charge in [0, 0.05) is 45.4 Å². The Hall–Kier alpha value is -2.41. The van der Waals surface area contributed by atoms with E-state index in [0.717, 1.165) is 44.9 Å². The predicted molar refractivity (Wildman–Crippen MR) is 225 cm³/mol. The second-order valence-corrected chi connectivity index (χ2v) is 14.7. The zero-order valence-electron chi connectivity index (χ0n) is 35.0. The van der Waals surface area contributed by atoms with Gasteiger partial charge in [-0.25, -0.2) is 0 Å². The molecule has 0 aliphatic rings. The minimum Gasteiger partial charge on any atom is -0.466 e. The maximum Gasteiger partial charge on any atom is 0.305 e. The van der Waals surface area contributed by atoms with Crippen molar-refractivity contribution in [3.05, 3.63) is 36.5 Å². The van der Waals surface area contributed by atoms with Gasteiger partial charge in [0.05, 0.1) is 6.61 Å². The van der Waals surface area contributed by atoms with Crippen LogP contribution in [0.5, 0.6) is 0 Å².